The number of nitrogens with one attached hydrogen (secondary N) is 1. The Balaban J connectivity index is 0.00000182. The molecule has 0 unspecified atom stereocenters. The van der Waals surface area contributed by atoms with E-state index in [4.69, 9.17) is 15.2 Å². The van der Waals surface area contributed by atoms with E-state index >= 15 is 0 Å². The Morgan fingerprint density at radius 2 is 1.96 bits per heavy atom. The van der Waals surface area contributed by atoms with Gasteiger partial charge in [-0.05, 0) is 25.7 Å². The van der Waals surface area contributed by atoms with Crippen LogP contribution in [0.3, 0.4) is 0 Å². The molecule has 4 atom stereocenters. The maximum atomic E-state index is 12.4. The minimum atomic E-state index is -0.629. The van der Waals surface area contributed by atoms with Crippen molar-refractivity contribution in [2.45, 2.75) is 62.1 Å². The van der Waals surface area contributed by atoms with Crippen molar-refractivity contribution >= 4 is 18.3 Å². The summed E-state index contributed by atoms with van der Waals surface area (Å²) in [5.74, 6) is -0.298. The van der Waals surface area contributed by atoms with Crippen molar-refractivity contribution < 1.29 is 19.4 Å². The first-order valence-electron chi connectivity index (χ1n) is 8.51. The first-order valence-corrected chi connectivity index (χ1v) is 8.51. The van der Waals surface area contributed by atoms with Gasteiger partial charge < -0.3 is 25.6 Å². The summed E-state index contributed by atoms with van der Waals surface area (Å²) in [5.41, 5.74) is 6.21. The molecule has 2 saturated heterocycles. The molecule has 1 aromatic rings. The normalized spacial score (nSPS) is 37.4. The summed E-state index contributed by atoms with van der Waals surface area (Å²) in [6, 6.07) is 0.244. The molecule has 9 nitrogen and oxygen atoms in total. The van der Waals surface area contributed by atoms with Gasteiger partial charge in [0.15, 0.2) is 5.69 Å². The summed E-state index contributed by atoms with van der Waals surface area (Å²) >= 11 is 0. The number of nitrogens with zero attached hydrogens (tertiary/aromatic N) is 3. The quantitative estimate of drug-likeness (QED) is 0.646. The van der Waals surface area contributed by atoms with Crippen LogP contribution < -0.4 is 11.1 Å². The summed E-state index contributed by atoms with van der Waals surface area (Å²) in [4.78, 5) is 12.4. The molecule has 4 N–H and O–H groups in total. The van der Waals surface area contributed by atoms with Crippen LogP contribution in [0.15, 0.2) is 6.20 Å². The second-order valence-corrected chi connectivity index (χ2v) is 6.90. The summed E-state index contributed by atoms with van der Waals surface area (Å²) < 4.78 is 12.8. The number of ether oxygens (including phenoxy) is 2. The smallest absolute Gasteiger partial charge is 0.273 e. The SMILES string of the molecule is Cl.NC1CCC(n2cc(C(=O)N[C@@H]3CO[C@H]4[C@@H]3OC[C@H]4O)nn2)CC1. The lowest BCUT2D eigenvalue weighted by molar-refractivity contribution is 0.0178. The monoisotopic (exact) mass is 373 g/mol. The Bertz CT molecular complexity index is 606. The van der Waals surface area contributed by atoms with E-state index in [2.05, 4.69) is 15.6 Å². The van der Waals surface area contributed by atoms with Gasteiger partial charge in [0.25, 0.3) is 5.91 Å². The van der Waals surface area contributed by atoms with E-state index in [9.17, 15) is 9.90 Å². The minimum Gasteiger partial charge on any atom is -0.388 e. The van der Waals surface area contributed by atoms with Gasteiger partial charge in [-0.25, -0.2) is 4.68 Å². The molecule has 1 aromatic heterocycles. The molecule has 1 saturated carbocycles. The van der Waals surface area contributed by atoms with E-state index in [1.807, 2.05) is 0 Å². The van der Waals surface area contributed by atoms with Crippen molar-refractivity contribution in [1.29, 1.82) is 0 Å². The standard InChI is InChI=1S/C15H23N5O4.ClH/c16-8-1-3-9(4-2-8)20-5-10(18-19-20)15(22)17-11-6-23-14-12(21)7-24-13(11)14;/h5,8-9,11-14,21H,1-4,6-7,16H2,(H,17,22);1H/t8?,9?,11-,12-,13-,14-;/m1./s1. The van der Waals surface area contributed by atoms with Crippen LogP contribution in [0.2, 0.25) is 0 Å². The predicted octanol–water partition coefficient (Wildman–Crippen LogP) is -0.601. The number of carbonyl (C=O) groups excluding carboxylic acids is 1. The van der Waals surface area contributed by atoms with Gasteiger partial charge >= 0.3 is 0 Å². The molecule has 0 spiro atoms. The number of aromatic nitrogens is 3. The third kappa shape index (κ3) is 3.65. The molecule has 2 aliphatic heterocycles. The second kappa shape index (κ2) is 7.55. The van der Waals surface area contributed by atoms with E-state index in [-0.39, 0.29) is 60.9 Å². The molecule has 0 bridgehead atoms. The molecule has 25 heavy (non-hydrogen) atoms. The van der Waals surface area contributed by atoms with Crippen molar-refractivity contribution in [1.82, 2.24) is 20.3 Å². The average molecular weight is 374 g/mol. The van der Waals surface area contributed by atoms with E-state index in [1.54, 1.807) is 10.9 Å². The topological polar surface area (TPSA) is 125 Å². The lowest BCUT2D eigenvalue weighted by atomic mass is 9.92. The molecular weight excluding hydrogens is 350 g/mol. The highest BCUT2D eigenvalue weighted by Crippen LogP contribution is 2.28. The fourth-order valence-electron chi connectivity index (χ4n) is 3.77. The molecule has 1 aliphatic carbocycles. The number of rotatable bonds is 3. The maximum absolute atomic E-state index is 12.4. The lowest BCUT2D eigenvalue weighted by Gasteiger charge is -2.25. The molecule has 3 fully saturated rings. The highest BCUT2D eigenvalue weighted by Gasteiger charge is 2.47. The van der Waals surface area contributed by atoms with Crippen LogP contribution >= 0.6 is 12.4 Å². The first-order chi connectivity index (χ1) is 11.6. The Hall–Kier alpha value is -1.26. The predicted molar refractivity (Wildman–Crippen MR) is 89.5 cm³/mol. The summed E-state index contributed by atoms with van der Waals surface area (Å²) in [6.07, 6.45) is 4.23. The highest BCUT2D eigenvalue weighted by molar-refractivity contribution is 5.92. The van der Waals surface area contributed by atoms with Gasteiger partial charge in [-0.1, -0.05) is 5.21 Å². The number of aliphatic hydroxyl groups excluding tert-OH is 1. The number of nitrogens with two attached hydrogens (primary N) is 1. The second-order valence-electron chi connectivity index (χ2n) is 6.90. The van der Waals surface area contributed by atoms with Crippen LogP contribution in [0.1, 0.15) is 42.2 Å². The number of carbonyl (C=O) groups is 1. The Morgan fingerprint density at radius 3 is 2.72 bits per heavy atom. The summed E-state index contributed by atoms with van der Waals surface area (Å²) in [7, 11) is 0. The maximum Gasteiger partial charge on any atom is 0.273 e. The van der Waals surface area contributed by atoms with Crippen LogP contribution in [-0.2, 0) is 9.47 Å². The molecule has 3 heterocycles. The number of fused-ring (bicyclic) bond motifs is 1. The third-order valence-electron chi connectivity index (χ3n) is 5.20. The number of aliphatic hydroxyl groups is 1. The van der Waals surface area contributed by atoms with E-state index in [0.717, 1.165) is 25.7 Å². The molecule has 0 aromatic carbocycles. The fraction of sp³-hybridized carbons (Fsp3) is 0.800. The highest BCUT2D eigenvalue weighted by atomic mass is 35.5. The fourth-order valence-corrected chi connectivity index (χ4v) is 3.77. The Labute approximate surface area is 151 Å². The molecule has 3 aliphatic rings. The van der Waals surface area contributed by atoms with Gasteiger partial charge in [-0.15, -0.1) is 17.5 Å². The number of hydrogen-bond donors (Lipinski definition) is 3. The Morgan fingerprint density at radius 1 is 1.24 bits per heavy atom. The molecular formula is C15H24ClN5O4. The Kier molecular flexibility index (Phi) is 5.59. The average Bonchev–Trinajstić information content (AvgIpc) is 3.27. The van der Waals surface area contributed by atoms with Gasteiger partial charge in [0.2, 0.25) is 0 Å². The molecule has 0 radical (unpaired) electrons. The van der Waals surface area contributed by atoms with Crippen molar-refractivity contribution in [2.75, 3.05) is 13.2 Å². The van der Waals surface area contributed by atoms with Gasteiger partial charge in [-0.3, -0.25) is 4.79 Å². The van der Waals surface area contributed by atoms with Crippen LogP contribution in [0.5, 0.6) is 0 Å². The van der Waals surface area contributed by atoms with Crippen molar-refractivity contribution in [3.05, 3.63) is 11.9 Å². The van der Waals surface area contributed by atoms with Crippen LogP contribution in [0, 0.1) is 0 Å². The molecule has 10 heteroatoms. The summed E-state index contributed by atoms with van der Waals surface area (Å²) in [6.45, 7) is 0.564. The van der Waals surface area contributed by atoms with Gasteiger partial charge in [-0.2, -0.15) is 0 Å². The van der Waals surface area contributed by atoms with Gasteiger partial charge in [0, 0.05) is 6.04 Å². The van der Waals surface area contributed by atoms with Crippen LogP contribution in [0.25, 0.3) is 0 Å². The summed E-state index contributed by atoms with van der Waals surface area (Å²) in [5, 5.41) is 20.7. The number of amides is 1. The number of halogens is 1. The van der Waals surface area contributed by atoms with Crippen LogP contribution in [0.4, 0.5) is 0 Å². The van der Waals surface area contributed by atoms with Crippen molar-refractivity contribution in [2.24, 2.45) is 5.73 Å². The first kappa shape index (κ1) is 18.5. The van der Waals surface area contributed by atoms with E-state index in [0.29, 0.717) is 6.61 Å². The van der Waals surface area contributed by atoms with Crippen LogP contribution in [-0.4, -0.2) is 69.6 Å². The van der Waals surface area contributed by atoms with Crippen molar-refractivity contribution in [3.63, 3.8) is 0 Å². The van der Waals surface area contributed by atoms with Gasteiger partial charge in [0.1, 0.15) is 18.3 Å². The van der Waals surface area contributed by atoms with E-state index in [1.165, 1.54) is 0 Å². The zero-order valence-electron chi connectivity index (χ0n) is 13.8. The third-order valence-corrected chi connectivity index (χ3v) is 5.20. The molecule has 140 valence electrons. The van der Waals surface area contributed by atoms with E-state index < -0.39 is 6.10 Å². The zero-order valence-corrected chi connectivity index (χ0v) is 14.6. The molecule has 4 rings (SSSR count). The van der Waals surface area contributed by atoms with Gasteiger partial charge in [0.05, 0.1) is 31.5 Å². The number of hydrogen-bond acceptors (Lipinski definition) is 7. The zero-order chi connectivity index (χ0) is 16.7. The van der Waals surface area contributed by atoms with Crippen molar-refractivity contribution in [3.8, 4) is 0 Å². The lowest BCUT2D eigenvalue weighted by Crippen LogP contribution is -2.44. The minimum absolute atomic E-state index is 0. The largest absolute Gasteiger partial charge is 0.388 e. The molecule has 1 amide bonds.